The molecule has 110 valence electrons. The van der Waals surface area contributed by atoms with Gasteiger partial charge in [-0.15, -0.1) is 0 Å². The molecule has 0 aromatic heterocycles. The molecule has 2 aromatic carbocycles. The summed E-state index contributed by atoms with van der Waals surface area (Å²) in [4.78, 5) is 10.7. The number of hydrogen-bond donors (Lipinski definition) is 1. The topological polar surface area (TPSA) is 64.4 Å². The summed E-state index contributed by atoms with van der Waals surface area (Å²) >= 11 is 0. The number of nitro groups is 1. The van der Waals surface area contributed by atoms with Crippen molar-refractivity contribution in [2.75, 3.05) is 11.9 Å². The Balaban J connectivity index is 2.14. The number of para-hydroxylation sites is 1. The van der Waals surface area contributed by atoms with Crippen molar-refractivity contribution in [1.29, 1.82) is 0 Å². The summed E-state index contributed by atoms with van der Waals surface area (Å²) in [6, 6.07) is 14.1. The Labute approximate surface area is 123 Å². The third-order valence-corrected chi connectivity index (χ3v) is 3.15. The van der Waals surface area contributed by atoms with Crippen molar-refractivity contribution in [3.05, 3.63) is 64.2 Å². The number of hydrogen-bond acceptors (Lipinski definition) is 4. The number of nitro benzene ring substituents is 1. The summed E-state index contributed by atoms with van der Waals surface area (Å²) in [5, 5.41) is 14.3. The molecule has 0 amide bonds. The van der Waals surface area contributed by atoms with Crippen molar-refractivity contribution < 1.29 is 9.66 Å². The Morgan fingerprint density at radius 2 is 1.86 bits per heavy atom. The van der Waals surface area contributed by atoms with Gasteiger partial charge in [-0.2, -0.15) is 0 Å². The second kappa shape index (κ2) is 6.74. The Kier molecular flexibility index (Phi) is 4.77. The lowest BCUT2D eigenvalue weighted by Crippen LogP contribution is -2.09. The Morgan fingerprint density at radius 1 is 1.19 bits per heavy atom. The van der Waals surface area contributed by atoms with Crippen molar-refractivity contribution in [3.63, 3.8) is 0 Å². The molecule has 2 aromatic rings. The van der Waals surface area contributed by atoms with E-state index in [2.05, 4.69) is 5.32 Å². The maximum atomic E-state index is 11.1. The van der Waals surface area contributed by atoms with E-state index < -0.39 is 0 Å². The summed E-state index contributed by atoms with van der Waals surface area (Å²) in [5.74, 6) is 0.807. The number of ether oxygens (including phenoxy) is 1. The molecule has 0 fully saturated rings. The van der Waals surface area contributed by atoms with E-state index in [1.807, 2.05) is 38.1 Å². The first-order valence-electron chi connectivity index (χ1n) is 6.84. The summed E-state index contributed by atoms with van der Waals surface area (Å²) in [6.45, 7) is 4.46. The highest BCUT2D eigenvalue weighted by Crippen LogP contribution is 2.27. The molecule has 2 rings (SSSR count). The molecule has 1 unspecified atom stereocenters. The van der Waals surface area contributed by atoms with Crippen molar-refractivity contribution in [3.8, 4) is 5.75 Å². The van der Waals surface area contributed by atoms with Crippen LogP contribution in [0.4, 0.5) is 11.4 Å². The summed E-state index contributed by atoms with van der Waals surface area (Å²) in [5.41, 5.74) is 1.68. The van der Waals surface area contributed by atoms with Gasteiger partial charge >= 0.3 is 0 Å². The molecule has 0 aliphatic heterocycles. The summed E-state index contributed by atoms with van der Waals surface area (Å²) in [7, 11) is 0. The summed E-state index contributed by atoms with van der Waals surface area (Å²) < 4.78 is 5.38. The smallest absolute Gasteiger partial charge is 0.274 e. The largest absolute Gasteiger partial charge is 0.494 e. The number of nitrogens with one attached hydrogen (secondary N) is 1. The van der Waals surface area contributed by atoms with Gasteiger partial charge in [0, 0.05) is 11.8 Å². The van der Waals surface area contributed by atoms with Crippen molar-refractivity contribution >= 4 is 11.4 Å². The Morgan fingerprint density at radius 3 is 2.48 bits per heavy atom. The standard InChI is InChI=1S/C16H18N2O3/c1-3-21-14-10-8-13(9-11-14)17-12(2)15-6-4-5-7-16(15)18(19)20/h4-12,17H,3H2,1-2H3. The zero-order valence-electron chi connectivity index (χ0n) is 12.1. The highest BCUT2D eigenvalue weighted by molar-refractivity contribution is 5.51. The van der Waals surface area contributed by atoms with Crippen molar-refractivity contribution in [1.82, 2.24) is 0 Å². The molecule has 0 saturated carbocycles. The maximum Gasteiger partial charge on any atom is 0.274 e. The fourth-order valence-electron chi connectivity index (χ4n) is 2.16. The first kappa shape index (κ1) is 14.8. The average Bonchev–Trinajstić information content (AvgIpc) is 2.49. The fraction of sp³-hybridized carbons (Fsp3) is 0.250. The van der Waals surface area contributed by atoms with Gasteiger partial charge in [0.25, 0.3) is 5.69 Å². The predicted molar refractivity (Wildman–Crippen MR) is 82.7 cm³/mol. The molecule has 1 atom stereocenters. The van der Waals surface area contributed by atoms with Gasteiger partial charge in [0.05, 0.1) is 23.1 Å². The molecule has 0 aliphatic rings. The van der Waals surface area contributed by atoms with Gasteiger partial charge in [-0.3, -0.25) is 10.1 Å². The first-order valence-corrected chi connectivity index (χ1v) is 6.84. The minimum absolute atomic E-state index is 0.128. The van der Waals surface area contributed by atoms with Gasteiger partial charge < -0.3 is 10.1 Å². The van der Waals surface area contributed by atoms with E-state index in [0.717, 1.165) is 11.4 Å². The quantitative estimate of drug-likeness (QED) is 0.639. The van der Waals surface area contributed by atoms with E-state index in [-0.39, 0.29) is 16.7 Å². The van der Waals surface area contributed by atoms with Crippen LogP contribution in [0.1, 0.15) is 25.5 Å². The van der Waals surface area contributed by atoms with Gasteiger partial charge in [0.15, 0.2) is 0 Å². The van der Waals surface area contributed by atoms with Crippen LogP contribution in [0.5, 0.6) is 5.75 Å². The number of rotatable bonds is 6. The summed E-state index contributed by atoms with van der Waals surface area (Å²) in [6.07, 6.45) is 0. The van der Waals surface area contributed by atoms with Crippen LogP contribution in [-0.2, 0) is 0 Å². The van der Waals surface area contributed by atoms with Crippen molar-refractivity contribution in [2.24, 2.45) is 0 Å². The lowest BCUT2D eigenvalue weighted by molar-refractivity contribution is -0.385. The third kappa shape index (κ3) is 3.72. The van der Waals surface area contributed by atoms with Gasteiger partial charge in [-0.05, 0) is 38.1 Å². The normalized spacial score (nSPS) is 11.7. The van der Waals surface area contributed by atoms with Crippen LogP contribution in [0.2, 0.25) is 0 Å². The molecule has 0 heterocycles. The molecule has 21 heavy (non-hydrogen) atoms. The van der Waals surface area contributed by atoms with E-state index >= 15 is 0 Å². The lowest BCUT2D eigenvalue weighted by Gasteiger charge is -2.16. The van der Waals surface area contributed by atoms with Crippen LogP contribution in [-0.4, -0.2) is 11.5 Å². The fourth-order valence-corrected chi connectivity index (χ4v) is 2.16. The van der Waals surface area contributed by atoms with Crippen LogP contribution in [0, 0.1) is 10.1 Å². The minimum atomic E-state index is -0.355. The van der Waals surface area contributed by atoms with E-state index in [0.29, 0.717) is 12.2 Å². The van der Waals surface area contributed by atoms with E-state index in [1.165, 1.54) is 6.07 Å². The van der Waals surface area contributed by atoms with Crippen LogP contribution < -0.4 is 10.1 Å². The second-order valence-electron chi connectivity index (χ2n) is 4.64. The molecule has 0 aliphatic carbocycles. The molecule has 0 bridgehead atoms. The minimum Gasteiger partial charge on any atom is -0.494 e. The first-order chi connectivity index (χ1) is 10.1. The molecule has 5 nitrogen and oxygen atoms in total. The molecule has 0 saturated heterocycles. The third-order valence-electron chi connectivity index (χ3n) is 3.15. The molecular formula is C16H18N2O3. The van der Waals surface area contributed by atoms with Gasteiger partial charge in [-0.25, -0.2) is 0 Å². The molecule has 5 heteroatoms. The molecular weight excluding hydrogens is 268 g/mol. The Hall–Kier alpha value is -2.56. The van der Waals surface area contributed by atoms with E-state index in [9.17, 15) is 10.1 Å². The van der Waals surface area contributed by atoms with Crippen molar-refractivity contribution in [2.45, 2.75) is 19.9 Å². The number of anilines is 1. The Bertz CT molecular complexity index is 611. The van der Waals surface area contributed by atoms with Crippen LogP contribution in [0.25, 0.3) is 0 Å². The molecule has 1 N–H and O–H groups in total. The highest BCUT2D eigenvalue weighted by Gasteiger charge is 2.17. The zero-order chi connectivity index (χ0) is 15.2. The highest BCUT2D eigenvalue weighted by atomic mass is 16.6. The molecule has 0 spiro atoms. The van der Waals surface area contributed by atoms with Gasteiger partial charge in [-0.1, -0.05) is 18.2 Å². The SMILES string of the molecule is CCOc1ccc(NC(C)c2ccccc2[N+](=O)[O-])cc1. The maximum absolute atomic E-state index is 11.1. The zero-order valence-corrected chi connectivity index (χ0v) is 12.1. The number of nitrogens with zero attached hydrogens (tertiary/aromatic N) is 1. The monoisotopic (exact) mass is 286 g/mol. The van der Waals surface area contributed by atoms with Crippen LogP contribution in [0.15, 0.2) is 48.5 Å². The van der Waals surface area contributed by atoms with Crippen LogP contribution in [0.3, 0.4) is 0 Å². The second-order valence-corrected chi connectivity index (χ2v) is 4.64. The van der Waals surface area contributed by atoms with Crippen LogP contribution >= 0.6 is 0 Å². The average molecular weight is 286 g/mol. The predicted octanol–water partition coefficient (Wildman–Crippen LogP) is 4.17. The van der Waals surface area contributed by atoms with E-state index in [1.54, 1.807) is 18.2 Å². The number of benzene rings is 2. The van der Waals surface area contributed by atoms with Gasteiger partial charge in [0.2, 0.25) is 0 Å². The van der Waals surface area contributed by atoms with E-state index in [4.69, 9.17) is 4.74 Å². The van der Waals surface area contributed by atoms with Gasteiger partial charge in [0.1, 0.15) is 5.75 Å². The molecule has 0 radical (unpaired) electrons. The lowest BCUT2D eigenvalue weighted by atomic mass is 10.1.